The molecule has 0 bridgehead atoms. The number of carbonyl (C=O) groups excluding carboxylic acids is 1. The average Bonchev–Trinajstić information content (AvgIpc) is 2.32. The third-order valence-electron chi connectivity index (χ3n) is 3.83. The van der Waals surface area contributed by atoms with Crippen molar-refractivity contribution in [3.8, 4) is 0 Å². The van der Waals surface area contributed by atoms with Crippen molar-refractivity contribution in [2.24, 2.45) is 0 Å². The van der Waals surface area contributed by atoms with Gasteiger partial charge in [-0.15, -0.1) is 0 Å². The number of nitrogens with one attached hydrogen (secondary N) is 1. The van der Waals surface area contributed by atoms with Crippen LogP contribution in [0, 0.1) is 0 Å². The molecule has 2 heterocycles. The molecule has 0 spiro atoms. The van der Waals surface area contributed by atoms with Gasteiger partial charge in [0.05, 0.1) is 5.60 Å². The zero-order valence-electron chi connectivity index (χ0n) is 12.8. The second-order valence-corrected chi connectivity index (χ2v) is 6.89. The third-order valence-corrected chi connectivity index (χ3v) is 3.83. The van der Waals surface area contributed by atoms with Crippen molar-refractivity contribution in [2.45, 2.75) is 38.4 Å². The van der Waals surface area contributed by atoms with Crippen molar-refractivity contribution in [1.82, 2.24) is 15.1 Å². The lowest BCUT2D eigenvalue weighted by Crippen LogP contribution is -2.61. The van der Waals surface area contributed by atoms with E-state index >= 15 is 0 Å². The van der Waals surface area contributed by atoms with Gasteiger partial charge in [-0.1, -0.05) is 0 Å². The van der Waals surface area contributed by atoms with Gasteiger partial charge in [-0.05, 0) is 27.2 Å². The highest BCUT2D eigenvalue weighted by Gasteiger charge is 2.34. The zero-order valence-corrected chi connectivity index (χ0v) is 12.8. The van der Waals surface area contributed by atoms with Crippen molar-refractivity contribution in [3.63, 3.8) is 0 Å². The summed E-state index contributed by atoms with van der Waals surface area (Å²) in [6, 6.07) is 0. The number of hydrogen-bond acceptors (Lipinski definition) is 5. The molecular formula is C14H27N3O3. The Hall–Kier alpha value is -0.850. The number of carbonyl (C=O) groups is 1. The van der Waals surface area contributed by atoms with Crippen LogP contribution < -0.4 is 5.32 Å². The fourth-order valence-corrected chi connectivity index (χ4v) is 2.44. The van der Waals surface area contributed by atoms with Gasteiger partial charge in [0.1, 0.15) is 5.60 Å². The van der Waals surface area contributed by atoms with Crippen molar-refractivity contribution < 1.29 is 14.6 Å². The Labute approximate surface area is 121 Å². The summed E-state index contributed by atoms with van der Waals surface area (Å²) in [6.45, 7) is 11.0. The summed E-state index contributed by atoms with van der Waals surface area (Å²) in [5.41, 5.74) is -0.947. The molecule has 0 saturated carbocycles. The first kappa shape index (κ1) is 15.5. The van der Waals surface area contributed by atoms with Crippen LogP contribution in [0.25, 0.3) is 0 Å². The number of piperazine rings is 1. The number of nitrogens with zero attached hydrogens (tertiary/aromatic N) is 2. The second kappa shape index (κ2) is 5.87. The molecule has 0 unspecified atom stereocenters. The second-order valence-electron chi connectivity index (χ2n) is 6.89. The predicted molar refractivity (Wildman–Crippen MR) is 76.7 cm³/mol. The molecule has 2 rings (SSSR count). The van der Waals surface area contributed by atoms with Crippen LogP contribution in [0.4, 0.5) is 4.79 Å². The molecule has 2 N–H and O–H groups in total. The number of β-amino-alcohol motifs (C(OH)–C–C–N with tert-alkyl or cyclic N) is 1. The topological polar surface area (TPSA) is 65.0 Å². The fraction of sp³-hybridized carbons (Fsp3) is 0.929. The minimum atomic E-state index is -0.512. The molecular weight excluding hydrogens is 258 g/mol. The Bertz CT molecular complexity index is 342. The molecule has 20 heavy (non-hydrogen) atoms. The Morgan fingerprint density at radius 1 is 1.25 bits per heavy atom. The molecule has 0 aliphatic carbocycles. The van der Waals surface area contributed by atoms with Crippen LogP contribution >= 0.6 is 0 Å². The molecule has 0 radical (unpaired) electrons. The number of aliphatic hydroxyl groups is 1. The first-order valence-corrected chi connectivity index (χ1v) is 7.41. The number of rotatable bonds is 3. The average molecular weight is 285 g/mol. The maximum Gasteiger partial charge on any atom is 0.410 e. The zero-order chi connectivity index (χ0) is 14.8. The maximum absolute atomic E-state index is 11.9. The largest absolute Gasteiger partial charge is 0.444 e. The summed E-state index contributed by atoms with van der Waals surface area (Å²) in [5, 5.41) is 13.1. The number of ether oxygens (including phenoxy) is 1. The van der Waals surface area contributed by atoms with E-state index in [0.29, 0.717) is 26.2 Å². The monoisotopic (exact) mass is 285 g/mol. The van der Waals surface area contributed by atoms with Crippen molar-refractivity contribution in [1.29, 1.82) is 0 Å². The smallest absolute Gasteiger partial charge is 0.410 e. The molecule has 2 aliphatic rings. The van der Waals surface area contributed by atoms with Gasteiger partial charge in [-0.3, -0.25) is 4.90 Å². The van der Waals surface area contributed by atoms with Crippen LogP contribution in [0.15, 0.2) is 0 Å². The molecule has 6 nitrogen and oxygen atoms in total. The van der Waals surface area contributed by atoms with Gasteiger partial charge in [-0.2, -0.15) is 0 Å². The Kier molecular flexibility index (Phi) is 4.56. The third kappa shape index (κ3) is 4.33. The van der Waals surface area contributed by atoms with Crippen LogP contribution in [-0.4, -0.2) is 78.0 Å². The molecule has 1 amide bonds. The van der Waals surface area contributed by atoms with Crippen LogP contribution in [0.2, 0.25) is 0 Å². The van der Waals surface area contributed by atoms with Gasteiger partial charge in [0, 0.05) is 45.8 Å². The van der Waals surface area contributed by atoms with E-state index in [0.717, 1.165) is 26.1 Å². The minimum Gasteiger partial charge on any atom is -0.444 e. The number of amides is 1. The van der Waals surface area contributed by atoms with Gasteiger partial charge in [0.2, 0.25) is 0 Å². The molecule has 6 heteroatoms. The van der Waals surface area contributed by atoms with Crippen molar-refractivity contribution in [3.05, 3.63) is 0 Å². The van der Waals surface area contributed by atoms with E-state index in [4.69, 9.17) is 4.74 Å². The van der Waals surface area contributed by atoms with Crippen LogP contribution in [0.1, 0.15) is 27.2 Å². The highest BCUT2D eigenvalue weighted by Crippen LogP contribution is 2.17. The lowest BCUT2D eigenvalue weighted by atomic mass is 9.93. The maximum atomic E-state index is 11.9. The standard InChI is InChI=1S/C14H27N3O3/c1-13(2,3)20-12(18)17-8-6-16(7-9-17)5-4-14(19)10-15-11-14/h15,19H,4-11H2,1-3H3. The van der Waals surface area contributed by atoms with Crippen LogP contribution in [-0.2, 0) is 4.74 Å². The van der Waals surface area contributed by atoms with Gasteiger partial charge in [0.25, 0.3) is 0 Å². The summed E-state index contributed by atoms with van der Waals surface area (Å²) < 4.78 is 5.37. The van der Waals surface area contributed by atoms with Crippen LogP contribution in [0.3, 0.4) is 0 Å². The lowest BCUT2D eigenvalue weighted by Gasteiger charge is -2.41. The van der Waals surface area contributed by atoms with Crippen LogP contribution in [0.5, 0.6) is 0 Å². The molecule has 2 aliphatic heterocycles. The quantitative estimate of drug-likeness (QED) is 0.779. The van der Waals surface area contributed by atoms with Gasteiger partial charge in [0.15, 0.2) is 0 Å². The summed E-state index contributed by atoms with van der Waals surface area (Å²) in [6.07, 6.45) is 0.575. The summed E-state index contributed by atoms with van der Waals surface area (Å²) in [5.74, 6) is 0. The highest BCUT2D eigenvalue weighted by atomic mass is 16.6. The molecule has 0 atom stereocenters. The fourth-order valence-electron chi connectivity index (χ4n) is 2.44. The highest BCUT2D eigenvalue weighted by molar-refractivity contribution is 5.68. The molecule has 116 valence electrons. The Morgan fingerprint density at radius 3 is 2.30 bits per heavy atom. The first-order valence-electron chi connectivity index (χ1n) is 7.41. The minimum absolute atomic E-state index is 0.223. The van der Waals surface area contributed by atoms with E-state index < -0.39 is 11.2 Å². The molecule has 0 aromatic carbocycles. The lowest BCUT2D eigenvalue weighted by molar-refractivity contribution is -0.0287. The summed E-state index contributed by atoms with van der Waals surface area (Å²) in [7, 11) is 0. The van der Waals surface area contributed by atoms with E-state index in [2.05, 4.69) is 10.2 Å². The molecule has 2 fully saturated rings. The SMILES string of the molecule is CC(C)(C)OC(=O)N1CCN(CCC2(O)CNC2)CC1. The van der Waals surface area contributed by atoms with Crippen molar-refractivity contribution in [2.75, 3.05) is 45.8 Å². The van der Waals surface area contributed by atoms with E-state index in [1.165, 1.54) is 0 Å². The van der Waals surface area contributed by atoms with Gasteiger partial charge in [-0.25, -0.2) is 4.79 Å². The van der Waals surface area contributed by atoms with E-state index in [9.17, 15) is 9.90 Å². The number of hydrogen-bond donors (Lipinski definition) is 2. The van der Waals surface area contributed by atoms with Crippen molar-refractivity contribution >= 4 is 6.09 Å². The predicted octanol–water partition coefficient (Wildman–Crippen LogP) is 0.264. The Morgan fingerprint density at radius 2 is 1.85 bits per heavy atom. The van der Waals surface area contributed by atoms with E-state index in [1.54, 1.807) is 4.90 Å². The Balaban J connectivity index is 1.68. The first-order chi connectivity index (χ1) is 9.27. The van der Waals surface area contributed by atoms with Gasteiger partial charge < -0.3 is 20.1 Å². The summed E-state index contributed by atoms with van der Waals surface area (Å²) in [4.78, 5) is 16.0. The normalized spacial score (nSPS) is 23.3. The van der Waals surface area contributed by atoms with E-state index in [1.807, 2.05) is 20.8 Å². The van der Waals surface area contributed by atoms with E-state index in [-0.39, 0.29) is 6.09 Å². The molecule has 0 aromatic heterocycles. The summed E-state index contributed by atoms with van der Waals surface area (Å²) >= 11 is 0. The van der Waals surface area contributed by atoms with Gasteiger partial charge >= 0.3 is 6.09 Å². The molecule has 2 saturated heterocycles. The molecule has 0 aromatic rings.